The van der Waals surface area contributed by atoms with Crippen LogP contribution in [0.5, 0.6) is 0 Å². The molecule has 4 rings (SSSR count). The fraction of sp³-hybridized carbons (Fsp3) is 0.174. The minimum Gasteiger partial charge on any atom is -0.325 e. The fourth-order valence-corrected chi connectivity index (χ4v) is 4.28. The number of nitriles is 1. The third kappa shape index (κ3) is 3.57. The molecule has 0 aliphatic heterocycles. The van der Waals surface area contributed by atoms with Crippen molar-refractivity contribution in [2.45, 2.75) is 25.8 Å². The molecule has 1 amide bonds. The molecule has 0 aliphatic rings. The minimum absolute atomic E-state index is 0.0664. The second-order valence-electron chi connectivity index (χ2n) is 7.07. The monoisotopic (exact) mass is 400 g/mol. The molecule has 0 aliphatic carbocycles. The van der Waals surface area contributed by atoms with Crippen molar-refractivity contribution in [3.63, 3.8) is 0 Å². The number of pyridine rings is 1. The van der Waals surface area contributed by atoms with Crippen molar-refractivity contribution in [3.05, 3.63) is 70.8 Å². The van der Waals surface area contributed by atoms with Crippen molar-refractivity contribution in [1.82, 2.24) is 9.38 Å². The van der Waals surface area contributed by atoms with Gasteiger partial charge in [0.25, 0.3) is 0 Å². The number of anilines is 1. The average molecular weight is 401 g/mol. The largest absolute Gasteiger partial charge is 0.325 e. The molecular weight excluding hydrogens is 380 g/mol. The maximum Gasteiger partial charge on any atom is 0.234 e. The van der Waals surface area contributed by atoms with Crippen LogP contribution in [0.3, 0.4) is 0 Å². The number of thioether (sulfide) groups is 1. The standard InChI is InChI=1S/C23H20N4OS/c1-14-8-9-15(2)19(10-14)25-21(28)13-29-22-11-16(3)17(12-24)23-26-18-6-4-5-7-20(18)27(22)23/h4-11H,13H2,1-3H3,(H,25,28). The van der Waals surface area contributed by atoms with E-state index in [4.69, 9.17) is 0 Å². The maximum atomic E-state index is 12.6. The number of hydrogen-bond donors (Lipinski definition) is 1. The molecule has 29 heavy (non-hydrogen) atoms. The number of aromatic nitrogens is 2. The summed E-state index contributed by atoms with van der Waals surface area (Å²) in [6, 6.07) is 18.0. The number of carbonyl (C=O) groups excluding carboxylic acids is 1. The molecule has 0 spiro atoms. The van der Waals surface area contributed by atoms with E-state index < -0.39 is 0 Å². The van der Waals surface area contributed by atoms with Crippen LogP contribution in [-0.4, -0.2) is 21.0 Å². The number of para-hydroxylation sites is 2. The first-order chi connectivity index (χ1) is 14.0. The highest BCUT2D eigenvalue weighted by molar-refractivity contribution is 7.99. The third-order valence-electron chi connectivity index (χ3n) is 4.87. The number of imidazole rings is 1. The van der Waals surface area contributed by atoms with Gasteiger partial charge >= 0.3 is 0 Å². The topological polar surface area (TPSA) is 70.2 Å². The molecule has 4 aromatic rings. The van der Waals surface area contributed by atoms with Gasteiger partial charge in [-0.25, -0.2) is 4.98 Å². The summed E-state index contributed by atoms with van der Waals surface area (Å²) in [5, 5.41) is 13.5. The summed E-state index contributed by atoms with van der Waals surface area (Å²) in [7, 11) is 0. The van der Waals surface area contributed by atoms with Crippen molar-refractivity contribution in [3.8, 4) is 6.07 Å². The van der Waals surface area contributed by atoms with Gasteiger partial charge in [0.15, 0.2) is 5.65 Å². The molecule has 0 atom stereocenters. The molecule has 1 N–H and O–H groups in total. The quantitative estimate of drug-likeness (QED) is 0.489. The highest BCUT2D eigenvalue weighted by Gasteiger charge is 2.16. The lowest BCUT2D eigenvalue weighted by Crippen LogP contribution is -2.15. The first-order valence-electron chi connectivity index (χ1n) is 9.28. The predicted octanol–water partition coefficient (Wildman–Crippen LogP) is 5.02. The Hall–Kier alpha value is -3.30. The van der Waals surface area contributed by atoms with Gasteiger partial charge in [0.2, 0.25) is 5.91 Å². The summed E-state index contributed by atoms with van der Waals surface area (Å²) in [4.78, 5) is 17.2. The smallest absolute Gasteiger partial charge is 0.234 e. The number of amides is 1. The highest BCUT2D eigenvalue weighted by Crippen LogP contribution is 2.29. The van der Waals surface area contributed by atoms with Gasteiger partial charge in [-0.1, -0.05) is 36.0 Å². The first kappa shape index (κ1) is 19.0. The van der Waals surface area contributed by atoms with Crippen LogP contribution >= 0.6 is 11.8 Å². The lowest BCUT2D eigenvalue weighted by atomic mass is 10.1. The van der Waals surface area contributed by atoms with E-state index in [9.17, 15) is 10.1 Å². The Bertz CT molecular complexity index is 1300. The van der Waals surface area contributed by atoms with Crippen LogP contribution in [0.2, 0.25) is 0 Å². The van der Waals surface area contributed by atoms with Crippen molar-refractivity contribution in [1.29, 1.82) is 5.26 Å². The Kier molecular flexibility index (Phi) is 4.99. The summed E-state index contributed by atoms with van der Waals surface area (Å²) in [5.74, 6) is 0.198. The number of benzene rings is 2. The minimum atomic E-state index is -0.0664. The lowest BCUT2D eigenvalue weighted by molar-refractivity contribution is -0.113. The molecule has 2 aromatic heterocycles. The molecule has 0 fully saturated rings. The van der Waals surface area contributed by atoms with E-state index >= 15 is 0 Å². The van der Waals surface area contributed by atoms with Gasteiger partial charge in [0, 0.05) is 5.69 Å². The van der Waals surface area contributed by atoms with Gasteiger partial charge in [0.05, 0.1) is 27.4 Å². The van der Waals surface area contributed by atoms with Crippen LogP contribution in [0.15, 0.2) is 53.6 Å². The molecule has 0 unspecified atom stereocenters. The normalized spacial score (nSPS) is 11.0. The Morgan fingerprint density at radius 3 is 2.72 bits per heavy atom. The van der Waals surface area contributed by atoms with Crippen LogP contribution in [0.4, 0.5) is 5.69 Å². The molecule has 144 valence electrons. The molecule has 0 saturated carbocycles. The number of nitrogens with zero attached hydrogens (tertiary/aromatic N) is 3. The maximum absolute atomic E-state index is 12.6. The van der Waals surface area contributed by atoms with Crippen LogP contribution < -0.4 is 5.32 Å². The summed E-state index contributed by atoms with van der Waals surface area (Å²) in [6.07, 6.45) is 0. The van der Waals surface area contributed by atoms with Crippen LogP contribution in [0, 0.1) is 32.1 Å². The molecular formula is C23H20N4OS. The summed E-state index contributed by atoms with van der Waals surface area (Å²) in [6.45, 7) is 5.88. The van der Waals surface area contributed by atoms with Crippen molar-refractivity contribution in [2.24, 2.45) is 0 Å². The Morgan fingerprint density at radius 1 is 1.14 bits per heavy atom. The summed E-state index contributed by atoms with van der Waals surface area (Å²) in [5.41, 5.74) is 6.78. The predicted molar refractivity (Wildman–Crippen MR) is 117 cm³/mol. The van der Waals surface area contributed by atoms with E-state index in [2.05, 4.69) is 16.4 Å². The van der Waals surface area contributed by atoms with Gasteiger partial charge in [-0.15, -0.1) is 0 Å². The van der Waals surface area contributed by atoms with E-state index in [1.165, 1.54) is 11.8 Å². The zero-order chi connectivity index (χ0) is 20.5. The fourth-order valence-electron chi connectivity index (χ4n) is 3.36. The SMILES string of the molecule is Cc1ccc(C)c(NC(=O)CSc2cc(C)c(C#N)c3nc4ccccc4n23)c1. The Balaban J connectivity index is 1.67. The number of carbonyl (C=O) groups is 1. The Labute approximate surface area is 173 Å². The number of rotatable bonds is 4. The van der Waals surface area contributed by atoms with Crippen LogP contribution in [-0.2, 0) is 4.79 Å². The van der Waals surface area contributed by atoms with E-state index in [1.54, 1.807) is 0 Å². The summed E-state index contributed by atoms with van der Waals surface area (Å²) >= 11 is 1.44. The van der Waals surface area contributed by atoms with Gasteiger partial charge in [-0.3, -0.25) is 9.20 Å². The lowest BCUT2D eigenvalue weighted by Gasteiger charge is -2.11. The van der Waals surface area contributed by atoms with Gasteiger partial charge in [-0.05, 0) is 61.7 Å². The van der Waals surface area contributed by atoms with E-state index in [0.717, 1.165) is 38.4 Å². The third-order valence-corrected chi connectivity index (χ3v) is 5.87. The van der Waals surface area contributed by atoms with Crippen LogP contribution in [0.1, 0.15) is 22.3 Å². The number of hydrogen-bond acceptors (Lipinski definition) is 4. The van der Waals surface area contributed by atoms with E-state index in [-0.39, 0.29) is 11.7 Å². The first-order valence-corrected chi connectivity index (χ1v) is 10.3. The molecule has 6 heteroatoms. The molecule has 0 saturated heterocycles. The van der Waals surface area contributed by atoms with Crippen molar-refractivity contribution >= 4 is 40.0 Å². The average Bonchev–Trinajstić information content (AvgIpc) is 3.08. The highest BCUT2D eigenvalue weighted by atomic mass is 32.2. The second kappa shape index (κ2) is 7.61. The zero-order valence-corrected chi connectivity index (χ0v) is 17.3. The number of nitrogens with one attached hydrogen (secondary N) is 1. The molecule has 5 nitrogen and oxygen atoms in total. The molecule has 0 radical (unpaired) electrons. The van der Waals surface area contributed by atoms with Gasteiger partial charge in [-0.2, -0.15) is 5.26 Å². The second-order valence-corrected chi connectivity index (χ2v) is 8.06. The Morgan fingerprint density at radius 2 is 1.93 bits per heavy atom. The van der Waals surface area contributed by atoms with Gasteiger partial charge in [0.1, 0.15) is 6.07 Å². The molecule has 2 aromatic carbocycles. The van der Waals surface area contributed by atoms with Crippen LogP contribution in [0.25, 0.3) is 16.7 Å². The van der Waals surface area contributed by atoms with Gasteiger partial charge < -0.3 is 5.32 Å². The van der Waals surface area contributed by atoms with E-state index in [1.807, 2.05) is 73.7 Å². The van der Waals surface area contributed by atoms with E-state index in [0.29, 0.717) is 11.2 Å². The molecule has 2 heterocycles. The number of aryl methyl sites for hydroxylation is 3. The number of fused-ring (bicyclic) bond motifs is 3. The van der Waals surface area contributed by atoms with Crippen molar-refractivity contribution < 1.29 is 4.79 Å². The zero-order valence-electron chi connectivity index (χ0n) is 16.5. The summed E-state index contributed by atoms with van der Waals surface area (Å²) < 4.78 is 1.97. The molecule has 0 bridgehead atoms. The van der Waals surface area contributed by atoms with Crippen molar-refractivity contribution in [2.75, 3.05) is 11.1 Å².